The Morgan fingerprint density at radius 2 is 1.33 bits per heavy atom. The van der Waals surface area contributed by atoms with Crippen molar-refractivity contribution >= 4 is 7.82 Å². The van der Waals surface area contributed by atoms with Gasteiger partial charge in [0.1, 0.15) is 0 Å². The molecule has 0 spiro atoms. The monoisotopic (exact) mass is 280 g/mol. The normalized spacial score (nSPS) is 12.9. The van der Waals surface area contributed by atoms with Crippen molar-refractivity contribution in [2.24, 2.45) is 17.8 Å². The van der Waals surface area contributed by atoms with Crippen LogP contribution in [0, 0.1) is 17.8 Å². The summed E-state index contributed by atoms with van der Waals surface area (Å²) in [7, 11) is -4.30. The van der Waals surface area contributed by atoms with E-state index >= 15 is 0 Å². The second-order valence-corrected chi connectivity index (χ2v) is 7.16. The maximum atomic E-state index is 10.6. The molecule has 0 aromatic heterocycles. The van der Waals surface area contributed by atoms with Gasteiger partial charge in [-0.15, -0.1) is 0 Å². The van der Waals surface area contributed by atoms with Crippen molar-refractivity contribution in [3.8, 4) is 0 Å². The van der Waals surface area contributed by atoms with Gasteiger partial charge in [0.2, 0.25) is 0 Å². The van der Waals surface area contributed by atoms with E-state index in [0.29, 0.717) is 17.8 Å². The van der Waals surface area contributed by atoms with Crippen LogP contribution in [0.3, 0.4) is 0 Å². The first-order chi connectivity index (χ1) is 8.20. The van der Waals surface area contributed by atoms with Gasteiger partial charge < -0.3 is 9.79 Å². The summed E-state index contributed by atoms with van der Waals surface area (Å²) < 4.78 is 15.2. The Labute approximate surface area is 111 Å². The fourth-order valence-electron chi connectivity index (χ4n) is 1.91. The van der Waals surface area contributed by atoms with Gasteiger partial charge in [0, 0.05) is 0 Å². The molecule has 0 radical (unpaired) electrons. The molecule has 0 aliphatic carbocycles. The smallest absolute Gasteiger partial charge is 0.303 e. The van der Waals surface area contributed by atoms with Crippen LogP contribution in [0.2, 0.25) is 0 Å². The molecular formula is C13H29O4P. The predicted octanol–water partition coefficient (Wildman–Crippen LogP) is 3.97. The zero-order valence-corrected chi connectivity index (χ0v) is 13.0. The number of phosphoric ester groups is 1. The fourth-order valence-corrected chi connectivity index (χ4v) is 2.25. The summed E-state index contributed by atoms with van der Waals surface area (Å²) >= 11 is 0. The summed E-state index contributed by atoms with van der Waals surface area (Å²) in [6, 6.07) is 0. The average molecular weight is 280 g/mol. The van der Waals surface area contributed by atoms with E-state index in [9.17, 15) is 4.57 Å². The topological polar surface area (TPSA) is 66.8 Å². The molecule has 0 aromatic rings. The molecule has 0 fully saturated rings. The van der Waals surface area contributed by atoms with Crippen LogP contribution in [0.5, 0.6) is 0 Å². The van der Waals surface area contributed by atoms with Gasteiger partial charge >= 0.3 is 7.82 Å². The Hall–Kier alpha value is 0.110. The molecule has 0 aliphatic rings. The van der Waals surface area contributed by atoms with E-state index in [2.05, 4.69) is 32.2 Å². The number of rotatable bonds is 10. The Kier molecular flexibility index (Phi) is 9.14. The first-order valence-corrected chi connectivity index (χ1v) is 8.43. The van der Waals surface area contributed by atoms with Crippen LogP contribution in [-0.4, -0.2) is 16.4 Å². The maximum absolute atomic E-state index is 10.6. The lowest BCUT2D eigenvalue weighted by atomic mass is 9.89. The highest BCUT2D eigenvalue weighted by molar-refractivity contribution is 7.46. The van der Waals surface area contributed by atoms with Crippen molar-refractivity contribution in [2.75, 3.05) is 6.61 Å². The highest BCUT2D eigenvalue weighted by Gasteiger charge is 2.16. The molecule has 18 heavy (non-hydrogen) atoms. The second kappa shape index (κ2) is 9.08. The molecule has 0 aliphatic heterocycles. The van der Waals surface area contributed by atoms with Crippen LogP contribution >= 0.6 is 7.82 Å². The van der Waals surface area contributed by atoms with Crippen molar-refractivity contribution in [3.05, 3.63) is 0 Å². The minimum Gasteiger partial charge on any atom is -0.303 e. The van der Waals surface area contributed by atoms with Crippen molar-refractivity contribution in [1.82, 2.24) is 0 Å². The largest absolute Gasteiger partial charge is 0.469 e. The molecule has 0 amide bonds. The van der Waals surface area contributed by atoms with E-state index in [0.717, 1.165) is 19.3 Å². The van der Waals surface area contributed by atoms with Crippen LogP contribution in [0.25, 0.3) is 0 Å². The van der Waals surface area contributed by atoms with Crippen LogP contribution in [0.4, 0.5) is 0 Å². The lowest BCUT2D eigenvalue weighted by molar-refractivity contribution is 0.178. The van der Waals surface area contributed by atoms with Crippen molar-refractivity contribution in [2.45, 2.75) is 59.8 Å². The van der Waals surface area contributed by atoms with E-state index in [1.807, 2.05) is 0 Å². The SMILES string of the molecule is CC(C)CCC(CCOP(=O)(O)O)CCC(C)C. The van der Waals surface area contributed by atoms with Crippen LogP contribution in [0.1, 0.15) is 59.8 Å². The number of hydrogen-bond acceptors (Lipinski definition) is 2. The van der Waals surface area contributed by atoms with Crippen LogP contribution < -0.4 is 0 Å². The zero-order valence-electron chi connectivity index (χ0n) is 12.1. The first kappa shape index (κ1) is 18.1. The average Bonchev–Trinajstić information content (AvgIpc) is 2.19. The molecule has 110 valence electrons. The lowest BCUT2D eigenvalue weighted by Crippen LogP contribution is -2.08. The third-order valence-electron chi connectivity index (χ3n) is 3.09. The minimum atomic E-state index is -4.30. The summed E-state index contributed by atoms with van der Waals surface area (Å²) in [6.07, 6.45) is 5.31. The summed E-state index contributed by atoms with van der Waals surface area (Å²) in [5.41, 5.74) is 0. The van der Waals surface area contributed by atoms with Crippen molar-refractivity contribution < 1.29 is 18.9 Å². The van der Waals surface area contributed by atoms with Gasteiger partial charge in [-0.2, -0.15) is 0 Å². The Bertz CT molecular complexity index is 235. The van der Waals surface area contributed by atoms with E-state index in [-0.39, 0.29) is 6.61 Å². The van der Waals surface area contributed by atoms with Crippen molar-refractivity contribution in [3.63, 3.8) is 0 Å². The predicted molar refractivity (Wildman–Crippen MR) is 74.2 cm³/mol. The molecule has 0 saturated heterocycles. The Morgan fingerprint density at radius 3 is 1.67 bits per heavy atom. The van der Waals surface area contributed by atoms with Gasteiger partial charge in [0.05, 0.1) is 6.61 Å². The van der Waals surface area contributed by atoms with Gasteiger partial charge in [0.15, 0.2) is 0 Å². The van der Waals surface area contributed by atoms with Crippen molar-refractivity contribution in [1.29, 1.82) is 0 Å². The van der Waals surface area contributed by atoms with Crippen LogP contribution in [-0.2, 0) is 9.09 Å². The van der Waals surface area contributed by atoms with Gasteiger partial charge in [-0.1, -0.05) is 53.4 Å². The quantitative estimate of drug-likeness (QED) is 0.594. The van der Waals surface area contributed by atoms with Gasteiger partial charge in [-0.25, -0.2) is 4.57 Å². The molecule has 5 heteroatoms. The summed E-state index contributed by atoms with van der Waals surface area (Å²) in [6.45, 7) is 8.96. The standard InChI is InChI=1S/C13H29O4P/c1-11(2)5-7-13(8-6-12(3)4)9-10-17-18(14,15)16/h11-13H,5-10H2,1-4H3,(H2,14,15,16). The van der Waals surface area contributed by atoms with Gasteiger partial charge in [-0.05, 0) is 24.2 Å². The van der Waals surface area contributed by atoms with E-state index in [4.69, 9.17) is 9.79 Å². The fraction of sp³-hybridized carbons (Fsp3) is 1.00. The third kappa shape index (κ3) is 12.6. The van der Waals surface area contributed by atoms with E-state index < -0.39 is 7.82 Å². The summed E-state index contributed by atoms with van der Waals surface area (Å²) in [5.74, 6) is 1.87. The first-order valence-electron chi connectivity index (χ1n) is 6.90. The molecule has 0 rings (SSSR count). The molecular weight excluding hydrogens is 251 g/mol. The molecule has 0 unspecified atom stereocenters. The number of phosphoric acid groups is 1. The van der Waals surface area contributed by atoms with Gasteiger partial charge in [-0.3, -0.25) is 4.52 Å². The molecule has 0 aromatic carbocycles. The Morgan fingerprint density at radius 1 is 0.889 bits per heavy atom. The molecule has 0 bridgehead atoms. The van der Waals surface area contributed by atoms with Crippen LogP contribution in [0.15, 0.2) is 0 Å². The Balaban J connectivity index is 3.99. The second-order valence-electron chi connectivity index (χ2n) is 5.92. The highest BCUT2D eigenvalue weighted by Crippen LogP contribution is 2.36. The summed E-state index contributed by atoms with van der Waals surface area (Å²) in [5, 5.41) is 0. The van der Waals surface area contributed by atoms with E-state index in [1.165, 1.54) is 12.8 Å². The zero-order chi connectivity index (χ0) is 14.2. The van der Waals surface area contributed by atoms with Gasteiger partial charge in [0.25, 0.3) is 0 Å². The molecule has 0 atom stereocenters. The highest BCUT2D eigenvalue weighted by atomic mass is 31.2. The molecule has 4 nitrogen and oxygen atoms in total. The molecule has 0 saturated carbocycles. The maximum Gasteiger partial charge on any atom is 0.469 e. The number of hydrogen-bond donors (Lipinski definition) is 2. The molecule has 2 N–H and O–H groups in total. The third-order valence-corrected chi connectivity index (χ3v) is 3.61. The lowest BCUT2D eigenvalue weighted by Gasteiger charge is -2.19. The van der Waals surface area contributed by atoms with E-state index in [1.54, 1.807) is 0 Å². The summed E-state index contributed by atoms with van der Waals surface area (Å²) in [4.78, 5) is 17.3. The minimum absolute atomic E-state index is 0.158. The molecule has 0 heterocycles.